The number of carbonyl (C=O) groups is 1. The van der Waals surface area contributed by atoms with E-state index >= 15 is 0 Å². The number of aromatic nitrogens is 3. The summed E-state index contributed by atoms with van der Waals surface area (Å²) in [4.78, 5) is 17.1. The van der Waals surface area contributed by atoms with Crippen LogP contribution < -0.4 is 0 Å². The van der Waals surface area contributed by atoms with Crippen molar-refractivity contribution in [2.24, 2.45) is 0 Å². The van der Waals surface area contributed by atoms with Gasteiger partial charge in [-0.15, -0.1) is 0 Å². The number of carbonyl (C=O) groups excluding carboxylic acids is 1. The summed E-state index contributed by atoms with van der Waals surface area (Å²) in [6.45, 7) is 0. The van der Waals surface area contributed by atoms with Crippen LogP contribution in [-0.4, -0.2) is 47.4 Å². The van der Waals surface area contributed by atoms with Gasteiger partial charge in [-0.2, -0.15) is 5.10 Å². The van der Waals surface area contributed by atoms with E-state index in [1.54, 1.807) is 23.2 Å². The number of benzene rings is 2. The number of rotatable bonds is 7. The largest absolute Gasteiger partial charge is 0.289 e. The topological polar surface area (TPSA) is 85.2 Å². The molecule has 4 aromatic rings. The summed E-state index contributed by atoms with van der Waals surface area (Å²) < 4.78 is 27.3. The van der Waals surface area contributed by atoms with Crippen molar-refractivity contribution >= 4 is 21.9 Å². The van der Waals surface area contributed by atoms with Crippen molar-refractivity contribution in [2.75, 3.05) is 14.1 Å². The molecule has 0 saturated heterocycles. The standard InChI is InChI=1S/C25H22N4O3S/c1-28(2)33(31,32)23-13-10-19(11-14-23)24(30)15-12-21-18-29(22-8-4-3-5-9-22)27-25(21)20-7-6-16-26-17-20/h3-18H,1-2H3/b15-12+. The van der Waals surface area contributed by atoms with Gasteiger partial charge in [0.25, 0.3) is 0 Å². The van der Waals surface area contributed by atoms with Crippen LogP contribution >= 0.6 is 0 Å². The summed E-state index contributed by atoms with van der Waals surface area (Å²) >= 11 is 0. The Kier molecular flexibility index (Phi) is 6.30. The lowest BCUT2D eigenvalue weighted by Gasteiger charge is -2.11. The lowest BCUT2D eigenvalue weighted by molar-refractivity contribution is 0.104. The van der Waals surface area contributed by atoms with E-state index in [2.05, 4.69) is 4.98 Å². The lowest BCUT2D eigenvalue weighted by atomic mass is 10.1. The molecule has 0 aliphatic rings. The maximum atomic E-state index is 12.8. The quantitative estimate of drug-likeness (QED) is 0.308. The molecular weight excluding hydrogens is 436 g/mol. The van der Waals surface area contributed by atoms with E-state index in [4.69, 9.17) is 5.10 Å². The van der Waals surface area contributed by atoms with Gasteiger partial charge in [-0.25, -0.2) is 17.4 Å². The molecule has 0 atom stereocenters. The Hall–Kier alpha value is -3.88. The fraction of sp³-hybridized carbons (Fsp3) is 0.0800. The molecule has 0 N–H and O–H groups in total. The first kappa shape index (κ1) is 22.3. The minimum atomic E-state index is -3.55. The first-order valence-electron chi connectivity index (χ1n) is 10.2. The highest BCUT2D eigenvalue weighted by molar-refractivity contribution is 7.89. The summed E-state index contributed by atoms with van der Waals surface area (Å²) in [5.41, 5.74) is 3.57. The van der Waals surface area contributed by atoms with E-state index in [-0.39, 0.29) is 10.7 Å². The molecule has 166 valence electrons. The van der Waals surface area contributed by atoms with Crippen molar-refractivity contribution < 1.29 is 13.2 Å². The zero-order valence-corrected chi connectivity index (χ0v) is 19.0. The summed E-state index contributed by atoms with van der Waals surface area (Å²) in [5.74, 6) is -0.242. The highest BCUT2D eigenvalue weighted by atomic mass is 32.2. The molecule has 0 aliphatic carbocycles. The second kappa shape index (κ2) is 9.32. The predicted molar refractivity (Wildman–Crippen MR) is 127 cm³/mol. The van der Waals surface area contributed by atoms with Gasteiger partial charge in [-0.3, -0.25) is 9.78 Å². The lowest BCUT2D eigenvalue weighted by Crippen LogP contribution is -2.22. The third kappa shape index (κ3) is 4.82. The predicted octanol–water partition coefficient (Wildman–Crippen LogP) is 4.08. The number of hydrogen-bond acceptors (Lipinski definition) is 5. The van der Waals surface area contributed by atoms with E-state index in [0.717, 1.165) is 21.1 Å². The minimum absolute atomic E-state index is 0.135. The van der Waals surface area contributed by atoms with Gasteiger partial charge in [-0.1, -0.05) is 18.2 Å². The van der Waals surface area contributed by atoms with Gasteiger partial charge in [0.05, 0.1) is 10.6 Å². The van der Waals surface area contributed by atoms with Crippen molar-refractivity contribution in [1.29, 1.82) is 0 Å². The summed E-state index contributed by atoms with van der Waals surface area (Å²) in [7, 11) is -0.618. The fourth-order valence-corrected chi connectivity index (χ4v) is 4.11. The molecule has 0 saturated carbocycles. The minimum Gasteiger partial charge on any atom is -0.289 e. The summed E-state index contributed by atoms with van der Waals surface area (Å²) in [6.07, 6.45) is 8.44. The normalized spacial score (nSPS) is 11.8. The van der Waals surface area contributed by atoms with Crippen LogP contribution in [0.25, 0.3) is 23.0 Å². The van der Waals surface area contributed by atoms with E-state index in [0.29, 0.717) is 11.3 Å². The van der Waals surface area contributed by atoms with Crippen molar-refractivity contribution in [1.82, 2.24) is 19.1 Å². The zero-order chi connectivity index (χ0) is 23.4. The fourth-order valence-electron chi connectivity index (χ4n) is 3.21. The van der Waals surface area contributed by atoms with Crippen LogP contribution in [0.5, 0.6) is 0 Å². The highest BCUT2D eigenvalue weighted by Gasteiger charge is 2.17. The number of hydrogen-bond donors (Lipinski definition) is 0. The molecule has 2 aromatic heterocycles. The average Bonchev–Trinajstić information content (AvgIpc) is 3.28. The third-order valence-corrected chi connectivity index (χ3v) is 6.86. The molecule has 2 aromatic carbocycles. The van der Waals surface area contributed by atoms with Crippen LogP contribution in [0.15, 0.2) is 96.3 Å². The van der Waals surface area contributed by atoms with Crippen LogP contribution in [0, 0.1) is 0 Å². The van der Waals surface area contributed by atoms with Crippen LogP contribution in [0.3, 0.4) is 0 Å². The van der Waals surface area contributed by atoms with Crippen LogP contribution in [-0.2, 0) is 10.0 Å². The first-order valence-corrected chi connectivity index (χ1v) is 11.6. The van der Waals surface area contributed by atoms with Crippen LogP contribution in [0.4, 0.5) is 0 Å². The SMILES string of the molecule is CN(C)S(=O)(=O)c1ccc(C(=O)/C=C/c2cn(-c3ccccc3)nc2-c2cccnc2)cc1. The molecule has 0 amide bonds. The smallest absolute Gasteiger partial charge is 0.242 e. The molecule has 7 nitrogen and oxygen atoms in total. The number of ketones is 1. The molecule has 4 rings (SSSR count). The maximum absolute atomic E-state index is 12.8. The maximum Gasteiger partial charge on any atom is 0.242 e. The van der Waals surface area contributed by atoms with E-state index in [1.807, 2.05) is 48.7 Å². The molecule has 2 heterocycles. The molecule has 0 aliphatic heterocycles. The monoisotopic (exact) mass is 458 g/mol. The Morgan fingerprint density at radius 3 is 2.33 bits per heavy atom. The molecule has 8 heteroatoms. The van der Waals surface area contributed by atoms with Gasteiger partial charge >= 0.3 is 0 Å². The van der Waals surface area contributed by atoms with E-state index in [9.17, 15) is 13.2 Å². The third-order valence-electron chi connectivity index (χ3n) is 5.03. The number of sulfonamides is 1. The van der Waals surface area contributed by atoms with Gasteiger partial charge < -0.3 is 0 Å². The van der Waals surface area contributed by atoms with E-state index in [1.165, 1.54) is 44.4 Å². The zero-order valence-electron chi connectivity index (χ0n) is 18.2. The summed E-state index contributed by atoms with van der Waals surface area (Å²) in [5, 5.41) is 4.70. The molecular formula is C25H22N4O3S. The first-order chi connectivity index (χ1) is 15.9. The number of nitrogens with zero attached hydrogens (tertiary/aromatic N) is 4. The number of pyridine rings is 1. The second-order valence-corrected chi connectivity index (χ2v) is 9.62. The van der Waals surface area contributed by atoms with Crippen molar-refractivity contribution in [3.63, 3.8) is 0 Å². The van der Waals surface area contributed by atoms with Gasteiger partial charge in [0, 0.05) is 49.4 Å². The molecule has 0 unspecified atom stereocenters. The van der Waals surface area contributed by atoms with Crippen LogP contribution in [0.1, 0.15) is 15.9 Å². The molecule has 0 radical (unpaired) electrons. The van der Waals surface area contributed by atoms with Gasteiger partial charge in [0.2, 0.25) is 10.0 Å². The summed E-state index contributed by atoms with van der Waals surface area (Å²) in [6, 6.07) is 19.3. The average molecular weight is 459 g/mol. The molecule has 33 heavy (non-hydrogen) atoms. The van der Waals surface area contributed by atoms with Crippen molar-refractivity contribution in [3.8, 4) is 16.9 Å². The Balaban J connectivity index is 1.65. The molecule has 0 fully saturated rings. The Morgan fingerprint density at radius 1 is 0.970 bits per heavy atom. The Morgan fingerprint density at radius 2 is 1.70 bits per heavy atom. The second-order valence-electron chi connectivity index (χ2n) is 7.46. The van der Waals surface area contributed by atoms with E-state index < -0.39 is 10.0 Å². The number of allylic oxidation sites excluding steroid dienone is 1. The van der Waals surface area contributed by atoms with Gasteiger partial charge in [-0.05, 0) is 60.7 Å². The van der Waals surface area contributed by atoms with Crippen LogP contribution in [0.2, 0.25) is 0 Å². The van der Waals surface area contributed by atoms with Crippen molar-refractivity contribution in [2.45, 2.75) is 4.90 Å². The Bertz CT molecular complexity index is 1390. The van der Waals surface area contributed by atoms with Gasteiger partial charge in [0.1, 0.15) is 5.69 Å². The van der Waals surface area contributed by atoms with Crippen molar-refractivity contribution in [3.05, 3.63) is 103 Å². The highest BCUT2D eigenvalue weighted by Crippen LogP contribution is 2.24. The Labute approximate surface area is 192 Å². The molecule has 0 bridgehead atoms. The van der Waals surface area contributed by atoms with Gasteiger partial charge in [0.15, 0.2) is 5.78 Å². The molecule has 0 spiro atoms. The number of para-hydroxylation sites is 1.